The molecule has 3 rings (SSSR count). The maximum Gasteiger partial charge on any atom is 0.294 e. The molecule has 0 fully saturated rings. The molecule has 0 bridgehead atoms. The maximum absolute atomic E-state index is 10.2. The summed E-state index contributed by atoms with van der Waals surface area (Å²) in [4.78, 5) is 20.2. The van der Waals surface area contributed by atoms with Crippen LogP contribution in [0.1, 0.15) is 34.0 Å². The van der Waals surface area contributed by atoms with Gasteiger partial charge in [0.2, 0.25) is 6.79 Å². The Hall–Kier alpha value is -2.35. The number of benzene rings is 1. The van der Waals surface area contributed by atoms with Crippen molar-refractivity contribution < 1.29 is 19.4 Å². The number of hydrogen-bond acceptors (Lipinski definition) is 7. The Morgan fingerprint density at radius 3 is 3.00 bits per heavy atom. The molecule has 0 aliphatic carbocycles. The van der Waals surface area contributed by atoms with Crippen LogP contribution in [0.4, 0.5) is 0 Å². The molecule has 1 aliphatic heterocycles. The van der Waals surface area contributed by atoms with Gasteiger partial charge in [0.1, 0.15) is 11.6 Å². The quantitative estimate of drug-likeness (QED) is 0.595. The molecule has 1 atom stereocenters. The second-order valence-electron chi connectivity index (χ2n) is 5.20. The summed E-state index contributed by atoms with van der Waals surface area (Å²) in [5.74, 6) is 1.62. The van der Waals surface area contributed by atoms with Crippen molar-refractivity contribution in [2.24, 2.45) is 0 Å². The van der Waals surface area contributed by atoms with Crippen LogP contribution in [0.5, 0.6) is 11.5 Å². The first-order valence-corrected chi connectivity index (χ1v) is 7.99. The minimum atomic E-state index is -0.771. The second kappa shape index (κ2) is 6.41. The number of rotatable bonds is 6. The van der Waals surface area contributed by atoms with Gasteiger partial charge in [0.15, 0.2) is 11.5 Å². The van der Waals surface area contributed by atoms with E-state index in [1.54, 1.807) is 11.3 Å². The Morgan fingerprint density at radius 1 is 1.43 bits per heavy atom. The van der Waals surface area contributed by atoms with E-state index in [2.05, 4.69) is 16.7 Å². The fourth-order valence-electron chi connectivity index (χ4n) is 2.41. The number of thiazole rings is 1. The van der Waals surface area contributed by atoms with Gasteiger partial charge in [0.25, 0.3) is 5.09 Å². The van der Waals surface area contributed by atoms with Crippen LogP contribution < -0.4 is 9.47 Å². The van der Waals surface area contributed by atoms with Crippen LogP contribution in [-0.4, -0.2) is 23.5 Å². The SMILES string of the molecule is Cc1nc(C(C)c2ccc3c(c2)OCO3)sc1CCO[N+](=O)[O-]. The van der Waals surface area contributed by atoms with Gasteiger partial charge in [0.05, 0.1) is 5.69 Å². The molecule has 8 heteroatoms. The van der Waals surface area contributed by atoms with Crippen LogP contribution >= 0.6 is 11.3 Å². The van der Waals surface area contributed by atoms with E-state index in [0.717, 1.165) is 32.6 Å². The van der Waals surface area contributed by atoms with Crippen LogP contribution in [-0.2, 0) is 11.3 Å². The lowest BCUT2D eigenvalue weighted by molar-refractivity contribution is -0.757. The summed E-state index contributed by atoms with van der Waals surface area (Å²) in [6.07, 6.45) is 0.484. The van der Waals surface area contributed by atoms with Crippen molar-refractivity contribution in [3.05, 3.63) is 49.5 Å². The summed E-state index contributed by atoms with van der Waals surface area (Å²) in [5, 5.41) is 10.4. The number of aromatic nitrogens is 1. The van der Waals surface area contributed by atoms with Gasteiger partial charge in [0, 0.05) is 17.2 Å². The molecular weight excluding hydrogens is 320 g/mol. The first-order valence-electron chi connectivity index (χ1n) is 7.17. The third kappa shape index (κ3) is 3.37. The molecule has 7 nitrogen and oxygen atoms in total. The number of fused-ring (bicyclic) bond motifs is 1. The highest BCUT2D eigenvalue weighted by Gasteiger charge is 2.19. The third-order valence-electron chi connectivity index (χ3n) is 3.70. The topological polar surface area (TPSA) is 83.7 Å². The molecule has 0 N–H and O–H groups in total. The molecule has 1 aromatic carbocycles. The van der Waals surface area contributed by atoms with Crippen molar-refractivity contribution >= 4 is 11.3 Å². The zero-order valence-electron chi connectivity index (χ0n) is 12.8. The predicted molar refractivity (Wildman–Crippen MR) is 83.6 cm³/mol. The fraction of sp³-hybridized carbons (Fsp3) is 0.400. The molecule has 2 aromatic rings. The van der Waals surface area contributed by atoms with E-state index < -0.39 is 5.09 Å². The normalized spacial score (nSPS) is 13.8. The lowest BCUT2D eigenvalue weighted by Crippen LogP contribution is -2.04. The molecule has 1 unspecified atom stereocenters. The Morgan fingerprint density at radius 2 is 2.22 bits per heavy atom. The van der Waals surface area contributed by atoms with Crippen molar-refractivity contribution in [2.75, 3.05) is 13.4 Å². The molecule has 0 saturated heterocycles. The molecule has 2 heterocycles. The first kappa shape index (κ1) is 15.5. The summed E-state index contributed by atoms with van der Waals surface area (Å²) in [6.45, 7) is 4.29. The Bertz CT molecular complexity index is 731. The fourth-order valence-corrected chi connectivity index (χ4v) is 3.53. The van der Waals surface area contributed by atoms with E-state index in [1.165, 1.54) is 0 Å². The number of nitrogens with zero attached hydrogens (tertiary/aromatic N) is 2. The van der Waals surface area contributed by atoms with Crippen LogP contribution in [0.25, 0.3) is 0 Å². The van der Waals surface area contributed by atoms with Crippen LogP contribution in [0.3, 0.4) is 0 Å². The highest BCUT2D eigenvalue weighted by molar-refractivity contribution is 7.11. The molecule has 23 heavy (non-hydrogen) atoms. The zero-order valence-corrected chi connectivity index (χ0v) is 13.6. The minimum Gasteiger partial charge on any atom is -0.454 e. The van der Waals surface area contributed by atoms with Gasteiger partial charge in [-0.25, -0.2) is 4.98 Å². The van der Waals surface area contributed by atoms with Crippen molar-refractivity contribution in [1.29, 1.82) is 0 Å². The van der Waals surface area contributed by atoms with Crippen molar-refractivity contribution in [3.63, 3.8) is 0 Å². The van der Waals surface area contributed by atoms with E-state index in [-0.39, 0.29) is 19.3 Å². The maximum atomic E-state index is 10.2. The summed E-state index contributed by atoms with van der Waals surface area (Å²) >= 11 is 1.56. The third-order valence-corrected chi connectivity index (χ3v) is 5.10. The molecular formula is C15H16N2O5S. The zero-order chi connectivity index (χ0) is 16.4. The molecule has 1 aliphatic rings. The van der Waals surface area contributed by atoms with E-state index in [0.29, 0.717) is 6.42 Å². The molecule has 122 valence electrons. The van der Waals surface area contributed by atoms with Gasteiger partial charge >= 0.3 is 0 Å². The molecule has 0 saturated carbocycles. The van der Waals surface area contributed by atoms with Gasteiger partial charge in [-0.2, -0.15) is 0 Å². The largest absolute Gasteiger partial charge is 0.454 e. The second-order valence-corrected chi connectivity index (χ2v) is 6.32. The monoisotopic (exact) mass is 336 g/mol. The summed E-state index contributed by atoms with van der Waals surface area (Å²) in [7, 11) is 0. The Kier molecular flexibility index (Phi) is 4.33. The van der Waals surface area contributed by atoms with Crippen molar-refractivity contribution in [2.45, 2.75) is 26.2 Å². The minimum absolute atomic E-state index is 0.0495. The van der Waals surface area contributed by atoms with Crippen molar-refractivity contribution in [3.8, 4) is 11.5 Å². The number of ether oxygens (including phenoxy) is 2. The summed E-state index contributed by atoms with van der Waals surface area (Å²) < 4.78 is 10.7. The lowest BCUT2D eigenvalue weighted by atomic mass is 10.0. The predicted octanol–water partition coefficient (Wildman–Crippen LogP) is 3.08. The van der Waals surface area contributed by atoms with Gasteiger partial charge in [-0.05, 0) is 24.6 Å². The summed E-state index contributed by atoms with van der Waals surface area (Å²) in [6, 6.07) is 5.88. The van der Waals surface area contributed by atoms with E-state index in [1.807, 2.05) is 25.1 Å². The smallest absolute Gasteiger partial charge is 0.294 e. The summed E-state index contributed by atoms with van der Waals surface area (Å²) in [5.41, 5.74) is 1.99. The number of aryl methyl sites for hydroxylation is 1. The highest BCUT2D eigenvalue weighted by atomic mass is 32.1. The molecule has 1 aromatic heterocycles. The van der Waals surface area contributed by atoms with Crippen LogP contribution in [0, 0.1) is 17.0 Å². The number of hydrogen-bond donors (Lipinski definition) is 0. The Labute approximate surface area is 136 Å². The molecule has 0 spiro atoms. The van der Waals surface area contributed by atoms with Crippen LogP contribution in [0.15, 0.2) is 18.2 Å². The lowest BCUT2D eigenvalue weighted by Gasteiger charge is -2.09. The Balaban J connectivity index is 1.74. The first-order chi connectivity index (χ1) is 11.0. The van der Waals surface area contributed by atoms with Gasteiger partial charge in [-0.3, -0.25) is 0 Å². The average Bonchev–Trinajstić information content (AvgIpc) is 3.12. The molecule has 0 amide bonds. The van der Waals surface area contributed by atoms with E-state index in [4.69, 9.17) is 9.47 Å². The highest BCUT2D eigenvalue weighted by Crippen LogP contribution is 2.37. The van der Waals surface area contributed by atoms with Gasteiger partial charge in [-0.1, -0.05) is 13.0 Å². The van der Waals surface area contributed by atoms with E-state index in [9.17, 15) is 10.1 Å². The van der Waals surface area contributed by atoms with Crippen LogP contribution in [0.2, 0.25) is 0 Å². The van der Waals surface area contributed by atoms with Gasteiger partial charge in [-0.15, -0.1) is 21.5 Å². The molecule has 0 radical (unpaired) electrons. The standard InChI is InChI=1S/C15H16N2O5S/c1-9(11-3-4-12-13(7-11)21-8-20-12)15-16-10(2)14(23-15)5-6-22-17(18)19/h3-4,7,9H,5-6,8H2,1-2H3. The average molecular weight is 336 g/mol. The van der Waals surface area contributed by atoms with E-state index >= 15 is 0 Å². The van der Waals surface area contributed by atoms with Gasteiger partial charge < -0.3 is 14.3 Å². The van der Waals surface area contributed by atoms with Crippen molar-refractivity contribution in [1.82, 2.24) is 4.98 Å².